The van der Waals surface area contributed by atoms with Crippen molar-refractivity contribution < 1.29 is 14.7 Å². The van der Waals surface area contributed by atoms with Gasteiger partial charge < -0.3 is 16.6 Å². The zero-order chi connectivity index (χ0) is 12.6. The fourth-order valence-electron chi connectivity index (χ4n) is 1.93. The van der Waals surface area contributed by atoms with E-state index in [1.807, 2.05) is 0 Å². The number of nitrogen functional groups attached to an aromatic ring is 1. The van der Waals surface area contributed by atoms with E-state index in [1.165, 1.54) is 4.90 Å². The van der Waals surface area contributed by atoms with Crippen LogP contribution in [0.2, 0.25) is 0 Å². The molecule has 1 aromatic carbocycles. The van der Waals surface area contributed by atoms with Crippen molar-refractivity contribution in [3.05, 3.63) is 24.3 Å². The summed E-state index contributed by atoms with van der Waals surface area (Å²) in [5.41, 5.74) is 12.2. The highest BCUT2D eigenvalue weighted by atomic mass is 16.4. The molecule has 1 amide bonds. The topological polar surface area (TPSA) is 110 Å². The van der Waals surface area contributed by atoms with Crippen LogP contribution in [0.1, 0.15) is 6.42 Å². The molecule has 17 heavy (non-hydrogen) atoms. The summed E-state index contributed by atoms with van der Waals surface area (Å²) >= 11 is 0. The SMILES string of the molecule is Nc1ccc(N2C(=O)C(N)C[C@H]2C(=O)O)cc1. The molecule has 0 radical (unpaired) electrons. The van der Waals surface area contributed by atoms with Crippen LogP contribution >= 0.6 is 0 Å². The van der Waals surface area contributed by atoms with E-state index in [0.29, 0.717) is 11.4 Å². The first-order valence-corrected chi connectivity index (χ1v) is 5.17. The molecule has 1 aliphatic rings. The van der Waals surface area contributed by atoms with Gasteiger partial charge in [0.1, 0.15) is 6.04 Å². The normalized spacial score (nSPS) is 24.1. The molecule has 2 atom stereocenters. The summed E-state index contributed by atoms with van der Waals surface area (Å²) in [5, 5.41) is 9.06. The minimum absolute atomic E-state index is 0.124. The van der Waals surface area contributed by atoms with Crippen molar-refractivity contribution in [1.82, 2.24) is 0 Å². The predicted octanol–water partition coefficient (Wildman–Crippen LogP) is -0.214. The second-order valence-corrected chi connectivity index (χ2v) is 4.00. The molecular formula is C11H13N3O3. The van der Waals surface area contributed by atoms with E-state index in [2.05, 4.69) is 0 Å². The first kappa shape index (κ1) is 11.4. The maximum absolute atomic E-state index is 11.8. The van der Waals surface area contributed by atoms with Crippen molar-refractivity contribution in [3.63, 3.8) is 0 Å². The first-order chi connectivity index (χ1) is 8.00. The Balaban J connectivity index is 2.37. The number of carboxylic acids is 1. The van der Waals surface area contributed by atoms with Crippen LogP contribution in [0.5, 0.6) is 0 Å². The summed E-state index contributed by atoms with van der Waals surface area (Å²) in [5.74, 6) is -1.43. The van der Waals surface area contributed by atoms with E-state index in [9.17, 15) is 9.59 Å². The van der Waals surface area contributed by atoms with Crippen LogP contribution < -0.4 is 16.4 Å². The van der Waals surface area contributed by atoms with Crippen LogP contribution in [0.25, 0.3) is 0 Å². The number of carboxylic acid groups (broad SMARTS) is 1. The minimum atomic E-state index is -1.05. The van der Waals surface area contributed by atoms with Gasteiger partial charge in [-0.25, -0.2) is 4.79 Å². The third-order valence-electron chi connectivity index (χ3n) is 2.80. The van der Waals surface area contributed by atoms with E-state index in [1.54, 1.807) is 24.3 Å². The third kappa shape index (κ3) is 1.94. The number of nitrogens with zero attached hydrogens (tertiary/aromatic N) is 1. The van der Waals surface area contributed by atoms with E-state index >= 15 is 0 Å². The zero-order valence-electron chi connectivity index (χ0n) is 9.04. The lowest BCUT2D eigenvalue weighted by molar-refractivity contribution is -0.138. The highest BCUT2D eigenvalue weighted by molar-refractivity contribution is 6.05. The molecule has 90 valence electrons. The molecule has 5 N–H and O–H groups in total. The van der Waals surface area contributed by atoms with Crippen LogP contribution in [-0.2, 0) is 9.59 Å². The molecule has 0 bridgehead atoms. The number of nitrogens with two attached hydrogens (primary N) is 2. The highest BCUT2D eigenvalue weighted by Crippen LogP contribution is 2.26. The van der Waals surface area contributed by atoms with Crippen molar-refractivity contribution >= 4 is 23.3 Å². The zero-order valence-corrected chi connectivity index (χ0v) is 9.04. The van der Waals surface area contributed by atoms with Crippen LogP contribution in [-0.4, -0.2) is 29.1 Å². The Morgan fingerprint density at radius 1 is 1.35 bits per heavy atom. The van der Waals surface area contributed by atoms with Crippen molar-refractivity contribution in [1.29, 1.82) is 0 Å². The summed E-state index contributed by atoms with van der Waals surface area (Å²) in [6, 6.07) is 4.80. The molecule has 0 aliphatic carbocycles. The second-order valence-electron chi connectivity index (χ2n) is 4.00. The second kappa shape index (κ2) is 4.06. The number of aliphatic carboxylic acids is 1. The Bertz CT molecular complexity index is 458. The van der Waals surface area contributed by atoms with E-state index in [0.717, 1.165) is 0 Å². The van der Waals surface area contributed by atoms with E-state index < -0.39 is 18.1 Å². The maximum atomic E-state index is 11.8. The standard InChI is InChI=1S/C11H13N3O3/c12-6-1-3-7(4-2-6)14-9(11(16)17)5-8(13)10(14)15/h1-4,8-9H,5,12-13H2,(H,16,17)/t8?,9-/m0/s1. The summed E-state index contributed by atoms with van der Waals surface area (Å²) in [4.78, 5) is 24.1. The lowest BCUT2D eigenvalue weighted by Crippen LogP contribution is -2.40. The van der Waals surface area contributed by atoms with Gasteiger partial charge in [0.25, 0.3) is 0 Å². The number of hydrogen-bond acceptors (Lipinski definition) is 4. The molecule has 1 aliphatic heterocycles. The Labute approximate surface area is 97.8 Å². The fraction of sp³-hybridized carbons (Fsp3) is 0.273. The van der Waals surface area contributed by atoms with Gasteiger partial charge in [-0.3, -0.25) is 9.69 Å². The van der Waals surface area contributed by atoms with E-state index in [4.69, 9.17) is 16.6 Å². The molecule has 0 aromatic heterocycles. The lowest BCUT2D eigenvalue weighted by Gasteiger charge is -2.21. The van der Waals surface area contributed by atoms with Crippen molar-refractivity contribution in [3.8, 4) is 0 Å². The molecule has 1 unspecified atom stereocenters. The Kier molecular flexibility index (Phi) is 2.72. The average molecular weight is 235 g/mol. The van der Waals surface area contributed by atoms with Gasteiger partial charge in [-0.05, 0) is 24.3 Å². The van der Waals surface area contributed by atoms with Gasteiger partial charge >= 0.3 is 5.97 Å². The van der Waals surface area contributed by atoms with Gasteiger partial charge in [-0.15, -0.1) is 0 Å². The van der Waals surface area contributed by atoms with Crippen molar-refractivity contribution in [2.75, 3.05) is 10.6 Å². The Hall–Kier alpha value is -2.08. The predicted molar refractivity (Wildman–Crippen MR) is 62.4 cm³/mol. The smallest absolute Gasteiger partial charge is 0.326 e. The minimum Gasteiger partial charge on any atom is -0.480 e. The summed E-state index contributed by atoms with van der Waals surface area (Å²) in [6.07, 6.45) is 0.124. The molecular weight excluding hydrogens is 222 g/mol. The van der Waals surface area contributed by atoms with Gasteiger partial charge in [0.2, 0.25) is 5.91 Å². The van der Waals surface area contributed by atoms with Gasteiger partial charge in [-0.1, -0.05) is 0 Å². The Morgan fingerprint density at radius 3 is 2.47 bits per heavy atom. The van der Waals surface area contributed by atoms with Crippen LogP contribution in [0.15, 0.2) is 24.3 Å². The fourth-order valence-corrected chi connectivity index (χ4v) is 1.93. The van der Waals surface area contributed by atoms with Gasteiger partial charge in [-0.2, -0.15) is 0 Å². The molecule has 2 rings (SSSR count). The Morgan fingerprint density at radius 2 is 1.94 bits per heavy atom. The molecule has 1 aromatic rings. The van der Waals surface area contributed by atoms with Crippen LogP contribution in [0.4, 0.5) is 11.4 Å². The van der Waals surface area contributed by atoms with Gasteiger partial charge in [0.05, 0.1) is 6.04 Å². The van der Waals surface area contributed by atoms with Gasteiger partial charge in [0.15, 0.2) is 0 Å². The lowest BCUT2D eigenvalue weighted by atomic mass is 10.2. The van der Waals surface area contributed by atoms with Crippen LogP contribution in [0, 0.1) is 0 Å². The number of amides is 1. The average Bonchev–Trinajstić information content (AvgIpc) is 2.57. The number of anilines is 2. The summed E-state index contributed by atoms with van der Waals surface area (Å²) in [7, 11) is 0. The molecule has 0 saturated carbocycles. The molecule has 6 nitrogen and oxygen atoms in total. The molecule has 1 heterocycles. The maximum Gasteiger partial charge on any atom is 0.326 e. The number of benzene rings is 1. The number of rotatable bonds is 2. The van der Waals surface area contributed by atoms with Crippen molar-refractivity contribution in [2.45, 2.75) is 18.5 Å². The van der Waals surface area contributed by atoms with E-state index in [-0.39, 0.29) is 12.3 Å². The van der Waals surface area contributed by atoms with Crippen molar-refractivity contribution in [2.24, 2.45) is 5.73 Å². The summed E-state index contributed by atoms with van der Waals surface area (Å²) < 4.78 is 0. The number of carbonyl (C=O) groups is 2. The number of carbonyl (C=O) groups excluding carboxylic acids is 1. The molecule has 6 heteroatoms. The summed E-state index contributed by atoms with van der Waals surface area (Å²) in [6.45, 7) is 0. The first-order valence-electron chi connectivity index (χ1n) is 5.17. The van der Waals surface area contributed by atoms with Gasteiger partial charge in [0, 0.05) is 17.8 Å². The highest BCUT2D eigenvalue weighted by Gasteiger charge is 2.42. The molecule has 1 fully saturated rings. The largest absolute Gasteiger partial charge is 0.480 e. The number of hydrogen-bond donors (Lipinski definition) is 3. The van der Waals surface area contributed by atoms with Crippen LogP contribution in [0.3, 0.4) is 0 Å². The third-order valence-corrected chi connectivity index (χ3v) is 2.80. The quantitative estimate of drug-likeness (QED) is 0.614. The molecule has 0 spiro atoms. The molecule has 1 saturated heterocycles. The monoisotopic (exact) mass is 235 g/mol.